The molecule has 0 amide bonds. The molecule has 0 aromatic carbocycles. The van der Waals surface area contributed by atoms with Gasteiger partial charge in [0.25, 0.3) is 0 Å². The number of fused-ring (bicyclic) bond motifs is 1. The van der Waals surface area contributed by atoms with Crippen molar-refractivity contribution in [3.8, 4) is 5.88 Å². The van der Waals surface area contributed by atoms with Crippen LogP contribution in [0.4, 0.5) is 0 Å². The van der Waals surface area contributed by atoms with Gasteiger partial charge in [-0.15, -0.1) is 0 Å². The Morgan fingerprint density at radius 1 is 1.42 bits per heavy atom. The summed E-state index contributed by atoms with van der Waals surface area (Å²) in [6, 6.07) is 1.83. The number of pyridine rings is 1. The van der Waals surface area contributed by atoms with E-state index < -0.39 is 0 Å². The molecule has 12 heavy (non-hydrogen) atoms. The first-order chi connectivity index (χ1) is 5.42. The number of hydrogen-bond donors (Lipinski definition) is 1. The molecule has 5 heteroatoms. The van der Waals surface area contributed by atoms with Gasteiger partial charge in [0.05, 0.1) is 19.0 Å². The van der Waals surface area contributed by atoms with E-state index >= 15 is 0 Å². The Bertz CT molecular complexity index is 373. The molecule has 2 rings (SSSR count). The van der Waals surface area contributed by atoms with Crippen molar-refractivity contribution < 1.29 is 4.74 Å². The average molecular weight is 173 g/mol. The van der Waals surface area contributed by atoms with Crippen molar-refractivity contribution in [3.63, 3.8) is 0 Å². The van der Waals surface area contributed by atoms with E-state index in [-0.39, 0.29) is 29.6 Å². The summed E-state index contributed by atoms with van der Waals surface area (Å²) < 4.78 is 5.00. The summed E-state index contributed by atoms with van der Waals surface area (Å²) in [7, 11) is 1.59. The Kier molecular flexibility index (Phi) is 3.08. The average Bonchev–Trinajstić information content (AvgIpc) is 2.50. The summed E-state index contributed by atoms with van der Waals surface area (Å²) in [6.45, 7) is 0. The number of aromatic amines is 1. The molecule has 0 unspecified atom stereocenters. The van der Waals surface area contributed by atoms with Crippen molar-refractivity contribution in [1.29, 1.82) is 0 Å². The van der Waals surface area contributed by atoms with Gasteiger partial charge in [-0.25, -0.2) is 9.97 Å². The van der Waals surface area contributed by atoms with E-state index in [9.17, 15) is 0 Å². The molecule has 0 fully saturated rings. The molecular weight excluding hydrogens is 165 g/mol. The van der Waals surface area contributed by atoms with Crippen LogP contribution in [0, 0.1) is 0 Å². The van der Waals surface area contributed by atoms with Crippen molar-refractivity contribution in [2.24, 2.45) is 0 Å². The number of ether oxygens (including phenoxy) is 1. The van der Waals surface area contributed by atoms with E-state index in [1.165, 1.54) is 0 Å². The van der Waals surface area contributed by atoms with E-state index in [1.54, 1.807) is 19.6 Å². The molecule has 1 N–H and O–H groups in total. The predicted octanol–water partition coefficient (Wildman–Crippen LogP) is 0.318. The number of methoxy groups -OCH3 is 1. The van der Waals surface area contributed by atoms with Gasteiger partial charge in [-0.05, 0) is 6.07 Å². The van der Waals surface area contributed by atoms with E-state index in [0.717, 1.165) is 11.0 Å². The fraction of sp³-hybridized carbons (Fsp3) is 0.143. The third-order valence-electron chi connectivity index (χ3n) is 1.50. The number of nitrogens with zero attached hydrogens (tertiary/aromatic N) is 2. The molecule has 0 spiro atoms. The van der Waals surface area contributed by atoms with Gasteiger partial charge in [0.1, 0.15) is 5.52 Å². The Balaban J connectivity index is 0.000000720. The third kappa shape index (κ3) is 1.46. The van der Waals surface area contributed by atoms with Gasteiger partial charge < -0.3 is 9.72 Å². The standard InChI is InChI=1S/C7H7N3O.Na.H/c1-11-7-6-5(2-3-8-7)9-4-10-6;;/h2-4H,1H3,(H,9,10);;. The van der Waals surface area contributed by atoms with Crippen LogP contribution in [0.25, 0.3) is 11.0 Å². The maximum absolute atomic E-state index is 5.00. The quantitative estimate of drug-likeness (QED) is 0.632. The molecular formula is C7H8N3NaO. The van der Waals surface area contributed by atoms with Crippen LogP contribution in [0.15, 0.2) is 18.6 Å². The van der Waals surface area contributed by atoms with Crippen molar-refractivity contribution in [2.75, 3.05) is 7.11 Å². The minimum absolute atomic E-state index is 0. The summed E-state index contributed by atoms with van der Waals surface area (Å²) in [5.41, 5.74) is 1.71. The Morgan fingerprint density at radius 2 is 2.25 bits per heavy atom. The molecule has 2 heterocycles. The summed E-state index contributed by atoms with van der Waals surface area (Å²) >= 11 is 0. The van der Waals surface area contributed by atoms with Crippen LogP contribution in [0.5, 0.6) is 5.88 Å². The molecule has 2 aromatic heterocycles. The van der Waals surface area contributed by atoms with E-state index in [0.29, 0.717) is 5.88 Å². The van der Waals surface area contributed by atoms with Crippen molar-refractivity contribution in [3.05, 3.63) is 18.6 Å². The molecule has 0 radical (unpaired) electrons. The number of imidazole rings is 1. The fourth-order valence-electron chi connectivity index (χ4n) is 0.997. The van der Waals surface area contributed by atoms with E-state index in [4.69, 9.17) is 4.74 Å². The summed E-state index contributed by atoms with van der Waals surface area (Å²) in [5.74, 6) is 0.583. The van der Waals surface area contributed by atoms with Crippen LogP contribution in [-0.2, 0) is 0 Å². The summed E-state index contributed by atoms with van der Waals surface area (Å²) in [6.07, 6.45) is 3.29. The van der Waals surface area contributed by atoms with Crippen molar-refractivity contribution >= 4 is 40.6 Å². The third-order valence-corrected chi connectivity index (χ3v) is 1.50. The van der Waals surface area contributed by atoms with Gasteiger partial charge in [-0.2, -0.15) is 0 Å². The number of nitrogens with one attached hydrogen (secondary N) is 1. The summed E-state index contributed by atoms with van der Waals surface area (Å²) in [4.78, 5) is 11.0. The van der Waals surface area contributed by atoms with Crippen molar-refractivity contribution in [1.82, 2.24) is 15.0 Å². The van der Waals surface area contributed by atoms with Crippen LogP contribution in [0.1, 0.15) is 0 Å². The topological polar surface area (TPSA) is 50.8 Å². The van der Waals surface area contributed by atoms with Gasteiger partial charge in [-0.3, -0.25) is 0 Å². The van der Waals surface area contributed by atoms with Crippen LogP contribution in [0.3, 0.4) is 0 Å². The Labute approximate surface area is 91.7 Å². The number of H-pyrrole nitrogens is 1. The molecule has 0 aliphatic rings. The predicted molar refractivity (Wildman–Crippen MR) is 47.6 cm³/mol. The first kappa shape index (κ1) is 9.51. The number of hydrogen-bond acceptors (Lipinski definition) is 3. The van der Waals surface area contributed by atoms with Crippen LogP contribution in [-0.4, -0.2) is 51.6 Å². The first-order valence-corrected chi connectivity index (χ1v) is 3.24. The monoisotopic (exact) mass is 173 g/mol. The second-order valence-corrected chi connectivity index (χ2v) is 2.12. The zero-order chi connectivity index (χ0) is 7.68. The molecule has 0 aliphatic carbocycles. The van der Waals surface area contributed by atoms with Crippen LogP contribution in [0.2, 0.25) is 0 Å². The van der Waals surface area contributed by atoms with Crippen molar-refractivity contribution in [2.45, 2.75) is 0 Å². The zero-order valence-electron chi connectivity index (χ0n) is 6.03. The second-order valence-electron chi connectivity index (χ2n) is 2.12. The molecule has 0 saturated carbocycles. The molecule has 0 aliphatic heterocycles. The Morgan fingerprint density at radius 3 is 3.00 bits per heavy atom. The summed E-state index contributed by atoms with van der Waals surface area (Å²) in [5, 5.41) is 0. The molecule has 0 bridgehead atoms. The fourth-order valence-corrected chi connectivity index (χ4v) is 0.997. The maximum atomic E-state index is 5.00. The van der Waals surface area contributed by atoms with E-state index in [2.05, 4.69) is 15.0 Å². The minimum atomic E-state index is 0. The molecule has 0 saturated heterocycles. The first-order valence-electron chi connectivity index (χ1n) is 3.24. The normalized spacial score (nSPS) is 9.42. The van der Waals surface area contributed by atoms with Gasteiger partial charge in [0, 0.05) is 6.20 Å². The molecule has 2 aromatic rings. The van der Waals surface area contributed by atoms with Gasteiger partial charge in [-0.1, -0.05) is 0 Å². The van der Waals surface area contributed by atoms with Crippen LogP contribution < -0.4 is 4.74 Å². The molecule has 58 valence electrons. The van der Waals surface area contributed by atoms with Gasteiger partial charge in [0.2, 0.25) is 5.88 Å². The number of rotatable bonds is 1. The number of aromatic nitrogens is 3. The molecule has 4 nitrogen and oxygen atoms in total. The zero-order valence-corrected chi connectivity index (χ0v) is 6.03. The van der Waals surface area contributed by atoms with E-state index in [1.807, 2.05) is 6.07 Å². The van der Waals surface area contributed by atoms with Gasteiger partial charge in [0.15, 0.2) is 0 Å². The van der Waals surface area contributed by atoms with Gasteiger partial charge >= 0.3 is 29.6 Å². The Hall–Kier alpha value is -0.580. The SMILES string of the molecule is COc1nccc2nc[nH]c12.[NaH]. The van der Waals surface area contributed by atoms with Crippen LogP contribution >= 0.6 is 0 Å². The molecule has 0 atom stereocenters. The second kappa shape index (κ2) is 3.89.